The van der Waals surface area contributed by atoms with Crippen molar-refractivity contribution in [2.75, 3.05) is 19.6 Å². The van der Waals surface area contributed by atoms with Crippen LogP contribution in [0.5, 0.6) is 0 Å². The van der Waals surface area contributed by atoms with E-state index in [1.165, 1.54) is 36.8 Å². The maximum absolute atomic E-state index is 4.74. The van der Waals surface area contributed by atoms with Gasteiger partial charge in [0.05, 0.1) is 17.8 Å². The second-order valence-corrected chi connectivity index (χ2v) is 7.18. The molecule has 0 spiro atoms. The summed E-state index contributed by atoms with van der Waals surface area (Å²) >= 11 is 0. The molecule has 3 fully saturated rings. The summed E-state index contributed by atoms with van der Waals surface area (Å²) in [5, 5.41) is 5.95. The molecule has 0 radical (unpaired) electrons. The number of hydrogen-bond acceptors (Lipinski definition) is 2. The summed E-state index contributed by atoms with van der Waals surface area (Å²) in [5.41, 5.74) is 3.33. The van der Waals surface area contributed by atoms with Gasteiger partial charge in [-0.2, -0.15) is 5.10 Å². The molecule has 2 bridgehead atoms. The van der Waals surface area contributed by atoms with Crippen LogP contribution in [-0.4, -0.2) is 34.3 Å². The van der Waals surface area contributed by atoms with Gasteiger partial charge in [-0.25, -0.2) is 0 Å². The average Bonchev–Trinajstić information content (AvgIpc) is 3.11. The van der Waals surface area contributed by atoms with E-state index >= 15 is 0 Å². The average molecular weight is 327 g/mol. The first-order valence-electron chi connectivity index (χ1n) is 9.13. The minimum Gasteiger partial charge on any atom is -0.301 e. The molecule has 0 N–H and O–H groups in total. The van der Waals surface area contributed by atoms with E-state index in [0.717, 1.165) is 23.6 Å². The Kier molecular flexibility index (Phi) is 3.57. The molecule has 25 heavy (non-hydrogen) atoms. The van der Waals surface area contributed by atoms with Crippen LogP contribution in [0.3, 0.4) is 0 Å². The predicted octanol–water partition coefficient (Wildman–Crippen LogP) is 3.70. The van der Waals surface area contributed by atoms with Crippen LogP contribution >= 0.6 is 0 Å². The number of piperidine rings is 3. The van der Waals surface area contributed by atoms with E-state index in [1.807, 2.05) is 36.5 Å². The zero-order valence-corrected chi connectivity index (χ0v) is 14.2. The van der Waals surface area contributed by atoms with E-state index in [4.69, 9.17) is 5.10 Å². The minimum absolute atomic E-state index is 0.511. The summed E-state index contributed by atoms with van der Waals surface area (Å²) in [6.07, 6.45) is 4.61. The van der Waals surface area contributed by atoms with Crippen molar-refractivity contribution in [2.45, 2.75) is 18.9 Å². The Morgan fingerprint density at radius 2 is 1.72 bits per heavy atom. The lowest BCUT2D eigenvalue weighted by atomic mass is 9.84. The fraction of sp³-hybridized carbons (Fsp3) is 0.318. The molecule has 0 amide bonds. The van der Waals surface area contributed by atoms with E-state index < -0.39 is 0 Å². The van der Waals surface area contributed by atoms with Gasteiger partial charge < -0.3 is 4.90 Å². The highest BCUT2D eigenvalue weighted by Gasteiger charge is 2.36. The Hall–Kier alpha value is -2.57. The molecule has 2 aromatic carbocycles. The van der Waals surface area contributed by atoms with Crippen molar-refractivity contribution in [2.24, 2.45) is 5.92 Å². The van der Waals surface area contributed by atoms with Crippen molar-refractivity contribution in [3.8, 4) is 11.8 Å². The Bertz CT molecular complexity index is 953. The Morgan fingerprint density at radius 3 is 2.48 bits per heavy atom. The van der Waals surface area contributed by atoms with Crippen LogP contribution < -0.4 is 0 Å². The van der Waals surface area contributed by atoms with Crippen LogP contribution in [0.1, 0.15) is 30.0 Å². The van der Waals surface area contributed by atoms with Gasteiger partial charge in [-0.05, 0) is 62.2 Å². The molecule has 3 aliphatic rings. The first-order chi connectivity index (χ1) is 12.4. The van der Waals surface area contributed by atoms with Crippen LogP contribution in [0, 0.1) is 17.8 Å². The van der Waals surface area contributed by atoms with Gasteiger partial charge in [0.25, 0.3) is 0 Å². The maximum atomic E-state index is 4.74. The second kappa shape index (κ2) is 6.06. The number of benzene rings is 2. The molecular formula is C22H21N3. The summed E-state index contributed by atoms with van der Waals surface area (Å²) in [4.78, 5) is 2.58. The molecule has 3 nitrogen and oxygen atoms in total. The normalized spacial score (nSPS) is 24.9. The Labute approximate surface area is 148 Å². The zero-order valence-electron chi connectivity index (χ0n) is 14.2. The van der Waals surface area contributed by atoms with Crippen molar-refractivity contribution in [1.82, 2.24) is 14.7 Å². The van der Waals surface area contributed by atoms with E-state index in [-0.39, 0.29) is 0 Å². The number of rotatable bonds is 1. The third-order valence-electron chi connectivity index (χ3n) is 5.66. The summed E-state index contributed by atoms with van der Waals surface area (Å²) in [6, 6.07) is 17.1. The molecular weight excluding hydrogens is 306 g/mol. The van der Waals surface area contributed by atoms with Gasteiger partial charge in [-0.15, -0.1) is 0 Å². The highest BCUT2D eigenvalue weighted by atomic mass is 15.3. The molecule has 0 saturated carbocycles. The maximum Gasteiger partial charge on any atom is 0.0698 e. The molecule has 1 atom stereocenters. The molecule has 0 aliphatic carbocycles. The van der Waals surface area contributed by atoms with Gasteiger partial charge in [0, 0.05) is 23.1 Å². The fourth-order valence-corrected chi connectivity index (χ4v) is 4.26. The van der Waals surface area contributed by atoms with Crippen LogP contribution in [0.15, 0.2) is 54.7 Å². The molecule has 6 rings (SSSR count). The topological polar surface area (TPSA) is 21.1 Å². The molecule has 4 heterocycles. The van der Waals surface area contributed by atoms with Gasteiger partial charge in [-0.1, -0.05) is 30.0 Å². The summed E-state index contributed by atoms with van der Waals surface area (Å²) in [6.45, 7) is 3.66. The summed E-state index contributed by atoms with van der Waals surface area (Å²) in [5.74, 6) is 7.33. The van der Waals surface area contributed by atoms with Gasteiger partial charge in [-0.3, -0.25) is 4.68 Å². The van der Waals surface area contributed by atoms with Crippen molar-refractivity contribution in [3.05, 3.63) is 65.9 Å². The van der Waals surface area contributed by atoms with E-state index in [0.29, 0.717) is 6.04 Å². The first-order valence-corrected chi connectivity index (χ1v) is 9.13. The molecule has 3 saturated heterocycles. The highest BCUT2D eigenvalue weighted by molar-refractivity contribution is 5.80. The zero-order chi connectivity index (χ0) is 16.6. The second-order valence-electron chi connectivity index (χ2n) is 7.18. The van der Waals surface area contributed by atoms with Crippen molar-refractivity contribution in [3.63, 3.8) is 0 Å². The Morgan fingerprint density at radius 1 is 0.920 bits per heavy atom. The molecule has 3 heteroatoms. The van der Waals surface area contributed by atoms with E-state index in [2.05, 4.69) is 39.6 Å². The van der Waals surface area contributed by atoms with E-state index in [9.17, 15) is 0 Å². The molecule has 3 aliphatic heterocycles. The lowest BCUT2D eigenvalue weighted by molar-refractivity contribution is 0.0534. The van der Waals surface area contributed by atoms with Crippen molar-refractivity contribution in [1.29, 1.82) is 0 Å². The van der Waals surface area contributed by atoms with Gasteiger partial charge >= 0.3 is 0 Å². The third kappa shape index (κ3) is 2.73. The molecule has 0 unspecified atom stereocenters. The highest BCUT2D eigenvalue weighted by Crippen LogP contribution is 2.36. The van der Waals surface area contributed by atoms with Gasteiger partial charge in [0.2, 0.25) is 0 Å². The first kappa shape index (κ1) is 14.7. The van der Waals surface area contributed by atoms with E-state index in [1.54, 1.807) is 0 Å². The molecule has 1 aromatic heterocycles. The summed E-state index contributed by atoms with van der Waals surface area (Å²) < 4.78 is 2.26. The lowest BCUT2D eigenvalue weighted by Crippen LogP contribution is -2.48. The molecule has 3 aromatic rings. The van der Waals surface area contributed by atoms with Gasteiger partial charge in [0.1, 0.15) is 0 Å². The van der Waals surface area contributed by atoms with Crippen molar-refractivity contribution >= 4 is 10.9 Å². The standard InChI is InChI=1S/C22H21N3/c1-2-4-17(5-3-1)6-7-18-8-9-20-15-23-25(21(20)14-18)22-16-24-12-10-19(22)11-13-24/h1-5,8-9,14-15,19,22H,10-13,16H2/t22-/m0/s1. The largest absolute Gasteiger partial charge is 0.301 e. The number of aromatic nitrogens is 2. The van der Waals surface area contributed by atoms with Crippen LogP contribution in [0.2, 0.25) is 0 Å². The van der Waals surface area contributed by atoms with Crippen molar-refractivity contribution < 1.29 is 0 Å². The SMILES string of the molecule is C(#Cc1ccc2cnn([C@H]3CN4CCC3CC4)c2c1)c1ccccc1. The minimum atomic E-state index is 0.511. The van der Waals surface area contributed by atoms with Gasteiger partial charge in [0.15, 0.2) is 0 Å². The number of nitrogens with zero attached hydrogens (tertiary/aromatic N) is 3. The number of hydrogen-bond donors (Lipinski definition) is 0. The van der Waals surface area contributed by atoms with Crippen LogP contribution in [-0.2, 0) is 0 Å². The third-order valence-corrected chi connectivity index (χ3v) is 5.66. The summed E-state index contributed by atoms with van der Waals surface area (Å²) in [7, 11) is 0. The van der Waals surface area contributed by atoms with Crippen LogP contribution in [0.4, 0.5) is 0 Å². The predicted molar refractivity (Wildman–Crippen MR) is 100 cm³/mol. The quantitative estimate of drug-likeness (QED) is 0.636. The monoisotopic (exact) mass is 327 g/mol. The lowest BCUT2D eigenvalue weighted by Gasteiger charge is -2.44. The Balaban J connectivity index is 1.51. The molecule has 124 valence electrons. The smallest absolute Gasteiger partial charge is 0.0698 e. The number of fused-ring (bicyclic) bond motifs is 4. The fourth-order valence-electron chi connectivity index (χ4n) is 4.26. The van der Waals surface area contributed by atoms with Crippen LogP contribution in [0.25, 0.3) is 10.9 Å².